The zero-order valence-corrected chi connectivity index (χ0v) is 16.0. The van der Waals surface area contributed by atoms with Gasteiger partial charge in [0.1, 0.15) is 5.75 Å². The van der Waals surface area contributed by atoms with Crippen molar-refractivity contribution in [3.05, 3.63) is 24.3 Å². The van der Waals surface area contributed by atoms with Crippen LogP contribution < -0.4 is 10.2 Å². The molecule has 2 N–H and O–H groups in total. The van der Waals surface area contributed by atoms with E-state index in [9.17, 15) is 13.5 Å². The molecular weight excluding hydrogens is 354 g/mol. The number of phenols is 1. The van der Waals surface area contributed by atoms with Gasteiger partial charge < -0.3 is 20.2 Å². The van der Waals surface area contributed by atoms with Crippen molar-refractivity contribution in [2.45, 2.75) is 6.42 Å². The van der Waals surface area contributed by atoms with Gasteiger partial charge in [0.2, 0.25) is 10.0 Å². The molecule has 144 valence electrons. The Morgan fingerprint density at radius 2 is 1.92 bits per heavy atom. The Balaban J connectivity index is 1.49. The normalized spacial score (nSPS) is 21.2. The van der Waals surface area contributed by atoms with Crippen molar-refractivity contribution in [1.82, 2.24) is 14.5 Å². The van der Waals surface area contributed by atoms with E-state index in [4.69, 9.17) is 0 Å². The average Bonchev–Trinajstić information content (AvgIpc) is 2.98. The van der Waals surface area contributed by atoms with Crippen molar-refractivity contribution in [2.24, 2.45) is 4.99 Å². The van der Waals surface area contributed by atoms with E-state index >= 15 is 0 Å². The molecule has 2 saturated heterocycles. The van der Waals surface area contributed by atoms with Crippen molar-refractivity contribution in [3.8, 4) is 5.75 Å². The van der Waals surface area contributed by atoms with Crippen LogP contribution in [0.4, 0.5) is 5.69 Å². The molecule has 1 aromatic rings. The monoisotopic (exact) mass is 381 g/mol. The molecule has 0 radical (unpaired) electrons. The number of aliphatic imine (C=N–C) groups is 1. The molecule has 2 aliphatic heterocycles. The van der Waals surface area contributed by atoms with E-state index in [0.29, 0.717) is 31.8 Å². The van der Waals surface area contributed by atoms with Crippen molar-refractivity contribution >= 4 is 21.7 Å². The fourth-order valence-corrected chi connectivity index (χ4v) is 4.99. The van der Waals surface area contributed by atoms with Gasteiger partial charge in [0, 0.05) is 52.9 Å². The summed E-state index contributed by atoms with van der Waals surface area (Å²) in [7, 11) is -1.31. The summed E-state index contributed by atoms with van der Waals surface area (Å²) in [6.07, 6.45) is 0.714. The predicted molar refractivity (Wildman–Crippen MR) is 103 cm³/mol. The topological polar surface area (TPSA) is 88.5 Å². The Hall–Kier alpha value is -2.00. The second-order valence-electron chi connectivity index (χ2n) is 6.51. The lowest BCUT2D eigenvalue weighted by molar-refractivity contribution is 0.366. The largest absolute Gasteiger partial charge is 0.506 e. The van der Waals surface area contributed by atoms with Gasteiger partial charge in [0.25, 0.3) is 0 Å². The van der Waals surface area contributed by atoms with Crippen LogP contribution in [-0.2, 0) is 10.0 Å². The molecule has 0 aliphatic carbocycles. The van der Waals surface area contributed by atoms with E-state index in [0.717, 1.165) is 37.8 Å². The zero-order chi connectivity index (χ0) is 18.6. The maximum absolute atomic E-state index is 11.8. The summed E-state index contributed by atoms with van der Waals surface area (Å²) in [6, 6.07) is 7.37. The quantitative estimate of drug-likeness (QED) is 0.569. The summed E-state index contributed by atoms with van der Waals surface area (Å²) in [6.45, 7) is 4.79. The summed E-state index contributed by atoms with van der Waals surface area (Å²) >= 11 is 0. The Morgan fingerprint density at radius 1 is 1.19 bits per heavy atom. The molecule has 0 bridgehead atoms. The van der Waals surface area contributed by atoms with Crippen LogP contribution in [0.25, 0.3) is 0 Å². The Kier molecular flexibility index (Phi) is 5.87. The zero-order valence-electron chi connectivity index (χ0n) is 15.1. The molecule has 0 unspecified atom stereocenters. The Bertz CT molecular complexity index is 745. The molecule has 0 amide bonds. The first-order valence-electron chi connectivity index (χ1n) is 8.97. The molecule has 0 spiro atoms. The lowest BCUT2D eigenvalue weighted by atomic mass is 10.2. The van der Waals surface area contributed by atoms with Gasteiger partial charge in [-0.15, -0.1) is 0 Å². The number of hydrogen-bond donors (Lipinski definition) is 2. The van der Waals surface area contributed by atoms with Crippen LogP contribution in [-0.4, -0.2) is 87.3 Å². The second kappa shape index (κ2) is 8.13. The van der Waals surface area contributed by atoms with Crippen LogP contribution in [0, 0.1) is 0 Å². The minimum Gasteiger partial charge on any atom is -0.506 e. The molecule has 2 heterocycles. The summed E-state index contributed by atoms with van der Waals surface area (Å²) in [5.41, 5.74) is 0.856. The number of sulfonamides is 1. The van der Waals surface area contributed by atoms with Gasteiger partial charge in [-0.1, -0.05) is 12.1 Å². The van der Waals surface area contributed by atoms with Crippen LogP contribution in [0.5, 0.6) is 5.75 Å². The minimum atomic E-state index is -3.05. The lowest BCUT2D eigenvalue weighted by Crippen LogP contribution is -2.53. The molecular formula is C17H27N5O3S. The number of guanidine groups is 1. The highest BCUT2D eigenvalue weighted by Gasteiger charge is 2.28. The van der Waals surface area contributed by atoms with Crippen molar-refractivity contribution in [2.75, 3.05) is 63.5 Å². The molecule has 1 aromatic carbocycles. The smallest absolute Gasteiger partial charge is 0.214 e. The number of aromatic hydroxyl groups is 1. The predicted octanol–water partition coefficient (Wildman–Crippen LogP) is 0.125. The standard InChI is InChI=1S/C17H27N5O3S/c1-18-17(19-7-9-22-8-4-14-26(22,24)25)21-12-10-20(11-13-21)15-5-2-3-6-16(15)23/h2-3,5-6,23H,4,7-14H2,1H3,(H,18,19). The van der Waals surface area contributed by atoms with Gasteiger partial charge in [-0.2, -0.15) is 0 Å². The maximum Gasteiger partial charge on any atom is 0.214 e. The molecule has 0 saturated carbocycles. The van der Waals surface area contributed by atoms with Crippen molar-refractivity contribution < 1.29 is 13.5 Å². The Labute approximate surface area is 155 Å². The van der Waals surface area contributed by atoms with Gasteiger partial charge in [-0.3, -0.25) is 4.99 Å². The molecule has 0 atom stereocenters. The van der Waals surface area contributed by atoms with E-state index in [1.165, 1.54) is 0 Å². The Morgan fingerprint density at radius 3 is 2.54 bits per heavy atom. The third-order valence-corrected chi connectivity index (χ3v) is 6.82. The SMILES string of the molecule is CN=C(NCCN1CCCS1(=O)=O)N1CCN(c2ccccc2O)CC1. The number of anilines is 1. The summed E-state index contributed by atoms with van der Waals surface area (Å²) in [5, 5.41) is 13.3. The molecule has 2 fully saturated rings. The molecule has 9 heteroatoms. The van der Waals surface area contributed by atoms with Gasteiger partial charge in [0.15, 0.2) is 5.96 Å². The third-order valence-electron chi connectivity index (χ3n) is 4.86. The molecule has 8 nitrogen and oxygen atoms in total. The first-order chi connectivity index (χ1) is 12.5. The molecule has 0 aromatic heterocycles. The minimum absolute atomic E-state index is 0.260. The molecule has 26 heavy (non-hydrogen) atoms. The number of nitrogens with one attached hydrogen (secondary N) is 1. The first-order valence-corrected chi connectivity index (χ1v) is 10.6. The number of benzene rings is 1. The highest BCUT2D eigenvalue weighted by Crippen LogP contribution is 2.27. The van der Waals surface area contributed by atoms with E-state index in [1.807, 2.05) is 18.2 Å². The number of hydrogen-bond acceptors (Lipinski definition) is 5. The van der Waals surface area contributed by atoms with Crippen LogP contribution in [0.15, 0.2) is 29.3 Å². The lowest BCUT2D eigenvalue weighted by Gasteiger charge is -2.38. The highest BCUT2D eigenvalue weighted by molar-refractivity contribution is 7.89. The van der Waals surface area contributed by atoms with Crippen LogP contribution >= 0.6 is 0 Å². The number of nitrogens with zero attached hydrogens (tertiary/aromatic N) is 4. The van der Waals surface area contributed by atoms with Crippen molar-refractivity contribution in [1.29, 1.82) is 0 Å². The van der Waals surface area contributed by atoms with Crippen LogP contribution in [0.1, 0.15) is 6.42 Å². The summed E-state index contributed by atoms with van der Waals surface area (Å²) in [4.78, 5) is 8.65. The van der Waals surface area contributed by atoms with E-state index in [1.54, 1.807) is 17.4 Å². The number of phenolic OH excluding ortho intramolecular Hbond substituents is 1. The molecule has 2 aliphatic rings. The third kappa shape index (κ3) is 4.21. The second-order valence-corrected chi connectivity index (χ2v) is 8.59. The van der Waals surface area contributed by atoms with E-state index in [2.05, 4.69) is 20.1 Å². The van der Waals surface area contributed by atoms with E-state index in [-0.39, 0.29) is 5.75 Å². The van der Waals surface area contributed by atoms with Crippen LogP contribution in [0.2, 0.25) is 0 Å². The summed E-state index contributed by atoms with van der Waals surface area (Å²) < 4.78 is 25.2. The van der Waals surface area contributed by atoms with Gasteiger partial charge in [-0.25, -0.2) is 12.7 Å². The fraction of sp³-hybridized carbons (Fsp3) is 0.588. The van der Waals surface area contributed by atoms with Gasteiger partial charge in [-0.05, 0) is 18.6 Å². The first kappa shape index (κ1) is 18.8. The average molecular weight is 382 g/mol. The van der Waals surface area contributed by atoms with Gasteiger partial charge >= 0.3 is 0 Å². The molecule has 3 rings (SSSR count). The maximum atomic E-state index is 11.8. The highest BCUT2D eigenvalue weighted by atomic mass is 32.2. The van der Waals surface area contributed by atoms with E-state index < -0.39 is 10.0 Å². The van der Waals surface area contributed by atoms with Crippen LogP contribution in [0.3, 0.4) is 0 Å². The number of piperazine rings is 1. The number of rotatable bonds is 4. The van der Waals surface area contributed by atoms with Gasteiger partial charge in [0.05, 0.1) is 11.4 Å². The number of para-hydroxylation sites is 2. The summed E-state index contributed by atoms with van der Waals surface area (Å²) in [5.74, 6) is 1.35. The van der Waals surface area contributed by atoms with Crippen molar-refractivity contribution in [3.63, 3.8) is 0 Å². The fourth-order valence-electron chi connectivity index (χ4n) is 3.46.